The molecule has 2 aliphatic carbocycles. The van der Waals surface area contributed by atoms with E-state index >= 15 is 0 Å². The summed E-state index contributed by atoms with van der Waals surface area (Å²) in [6.07, 6.45) is 5.89. The van der Waals surface area contributed by atoms with Gasteiger partial charge in [0.2, 0.25) is 17.7 Å². The second-order valence-electron chi connectivity index (χ2n) is 7.82. The molecule has 2 fully saturated rings. The molecule has 1 saturated carbocycles. The molecule has 4 atom stereocenters. The van der Waals surface area contributed by atoms with Gasteiger partial charge >= 0.3 is 0 Å². The molecule has 27 heavy (non-hydrogen) atoms. The number of likely N-dealkylation sites (N-methyl/N-ethyl adjacent to an activating group) is 1. The van der Waals surface area contributed by atoms with Crippen molar-refractivity contribution in [2.75, 3.05) is 25.0 Å². The third-order valence-electron chi connectivity index (χ3n) is 6.37. The van der Waals surface area contributed by atoms with Crippen molar-refractivity contribution in [1.29, 1.82) is 0 Å². The molecule has 1 saturated heterocycles. The fourth-order valence-electron chi connectivity index (χ4n) is 4.99. The molecule has 8 heteroatoms. The Morgan fingerprint density at radius 3 is 2.63 bits per heavy atom. The number of carbonyl (C=O) groups excluding carboxylic acids is 3. The van der Waals surface area contributed by atoms with Crippen molar-refractivity contribution in [3.8, 4) is 0 Å². The Kier molecular flexibility index (Phi) is 3.94. The Balaban J connectivity index is 1.25. The van der Waals surface area contributed by atoms with Crippen LogP contribution >= 0.6 is 11.3 Å². The summed E-state index contributed by atoms with van der Waals surface area (Å²) >= 11 is 1.49. The zero-order valence-corrected chi connectivity index (χ0v) is 16.0. The molecular weight excluding hydrogens is 364 g/mol. The summed E-state index contributed by atoms with van der Waals surface area (Å²) in [5.74, 6) is -0.910. The van der Waals surface area contributed by atoms with E-state index in [1.165, 1.54) is 16.2 Å². The lowest BCUT2D eigenvalue weighted by Crippen LogP contribution is -2.39. The SMILES string of the molecule is CCN1CCc2nc(NC(=O)CN3C(=O)C4C5C=CC(C5)C4C3=O)sc2C1. The van der Waals surface area contributed by atoms with Gasteiger partial charge in [-0.05, 0) is 24.8 Å². The highest BCUT2D eigenvalue weighted by Gasteiger charge is 2.59. The van der Waals surface area contributed by atoms with E-state index in [1.807, 2.05) is 0 Å². The summed E-state index contributed by atoms with van der Waals surface area (Å²) in [6.45, 7) is 4.76. The number of anilines is 1. The third kappa shape index (κ3) is 2.65. The number of thiazole rings is 1. The highest BCUT2D eigenvalue weighted by Crippen LogP contribution is 2.52. The minimum atomic E-state index is -0.351. The highest BCUT2D eigenvalue weighted by molar-refractivity contribution is 7.15. The number of carbonyl (C=O) groups is 3. The average molecular weight is 386 g/mol. The van der Waals surface area contributed by atoms with Crippen molar-refractivity contribution in [3.63, 3.8) is 0 Å². The monoisotopic (exact) mass is 386 g/mol. The van der Waals surface area contributed by atoms with Crippen LogP contribution in [-0.4, -0.2) is 52.1 Å². The Morgan fingerprint density at radius 1 is 1.26 bits per heavy atom. The first-order valence-electron chi connectivity index (χ1n) is 9.59. The van der Waals surface area contributed by atoms with Crippen LogP contribution in [0.25, 0.3) is 0 Å². The number of nitrogens with one attached hydrogen (secondary N) is 1. The van der Waals surface area contributed by atoms with Gasteiger partial charge < -0.3 is 5.32 Å². The smallest absolute Gasteiger partial charge is 0.246 e. The Labute approximate surface area is 161 Å². The number of amides is 3. The molecule has 0 radical (unpaired) electrons. The van der Waals surface area contributed by atoms with Crippen LogP contribution in [0.5, 0.6) is 0 Å². The first kappa shape index (κ1) is 17.1. The molecule has 1 aromatic rings. The van der Waals surface area contributed by atoms with E-state index < -0.39 is 0 Å². The van der Waals surface area contributed by atoms with Crippen molar-refractivity contribution in [1.82, 2.24) is 14.8 Å². The van der Waals surface area contributed by atoms with Crippen LogP contribution in [-0.2, 0) is 27.3 Å². The number of allylic oxidation sites excluding steroid dienone is 2. The molecular formula is C19H22N4O3S. The maximum Gasteiger partial charge on any atom is 0.246 e. The quantitative estimate of drug-likeness (QED) is 0.622. The minimum absolute atomic E-state index is 0.164. The van der Waals surface area contributed by atoms with Crippen molar-refractivity contribution < 1.29 is 14.4 Å². The predicted molar refractivity (Wildman–Crippen MR) is 99.8 cm³/mol. The number of imide groups is 1. The lowest BCUT2D eigenvalue weighted by molar-refractivity contribution is -0.143. The molecule has 2 aliphatic heterocycles. The molecule has 1 aromatic heterocycles. The molecule has 4 unspecified atom stereocenters. The van der Waals surface area contributed by atoms with Gasteiger partial charge in [0.1, 0.15) is 6.54 Å². The van der Waals surface area contributed by atoms with Gasteiger partial charge in [0.05, 0.1) is 17.5 Å². The number of aromatic nitrogens is 1. The van der Waals surface area contributed by atoms with E-state index in [2.05, 4.69) is 34.3 Å². The van der Waals surface area contributed by atoms with Gasteiger partial charge in [0.25, 0.3) is 0 Å². The van der Waals surface area contributed by atoms with Crippen LogP contribution in [0, 0.1) is 23.7 Å². The Morgan fingerprint density at radius 2 is 1.96 bits per heavy atom. The topological polar surface area (TPSA) is 82.6 Å². The highest BCUT2D eigenvalue weighted by atomic mass is 32.1. The zero-order chi connectivity index (χ0) is 18.7. The lowest BCUT2D eigenvalue weighted by Gasteiger charge is -2.23. The van der Waals surface area contributed by atoms with Crippen LogP contribution < -0.4 is 5.32 Å². The summed E-state index contributed by atoms with van der Waals surface area (Å²) in [6, 6.07) is 0. The van der Waals surface area contributed by atoms with Crippen LogP contribution in [0.3, 0.4) is 0 Å². The van der Waals surface area contributed by atoms with E-state index in [0.29, 0.717) is 5.13 Å². The summed E-state index contributed by atoms with van der Waals surface area (Å²) in [5.41, 5.74) is 1.05. The first-order valence-corrected chi connectivity index (χ1v) is 10.4. The number of hydrogen-bond donors (Lipinski definition) is 1. The van der Waals surface area contributed by atoms with Gasteiger partial charge in [-0.3, -0.25) is 24.2 Å². The largest absolute Gasteiger partial charge is 0.300 e. The second-order valence-corrected chi connectivity index (χ2v) is 8.90. The Hall–Kier alpha value is -2.06. The summed E-state index contributed by atoms with van der Waals surface area (Å²) in [5, 5.41) is 3.35. The van der Waals surface area contributed by atoms with Gasteiger partial charge in [-0.15, -0.1) is 11.3 Å². The number of nitrogens with zero attached hydrogens (tertiary/aromatic N) is 3. The first-order chi connectivity index (χ1) is 13.0. The molecule has 2 bridgehead atoms. The van der Waals surface area contributed by atoms with Crippen LogP contribution in [0.4, 0.5) is 5.13 Å². The van der Waals surface area contributed by atoms with Gasteiger partial charge in [-0.2, -0.15) is 0 Å². The summed E-state index contributed by atoms with van der Waals surface area (Å²) in [7, 11) is 0. The van der Waals surface area contributed by atoms with Crippen LogP contribution in [0.1, 0.15) is 23.9 Å². The minimum Gasteiger partial charge on any atom is -0.300 e. The molecule has 5 rings (SSSR count). The van der Waals surface area contributed by atoms with Gasteiger partial charge in [0.15, 0.2) is 5.13 Å². The molecule has 3 amide bonds. The van der Waals surface area contributed by atoms with E-state index in [0.717, 1.165) is 43.1 Å². The Bertz CT molecular complexity index is 833. The van der Waals surface area contributed by atoms with Gasteiger partial charge in [-0.25, -0.2) is 4.98 Å². The number of rotatable bonds is 4. The molecule has 7 nitrogen and oxygen atoms in total. The molecule has 142 valence electrons. The molecule has 1 N–H and O–H groups in total. The molecule has 4 aliphatic rings. The zero-order valence-electron chi connectivity index (χ0n) is 15.2. The van der Waals surface area contributed by atoms with Crippen molar-refractivity contribution >= 4 is 34.2 Å². The molecule has 0 spiro atoms. The number of hydrogen-bond acceptors (Lipinski definition) is 6. The van der Waals surface area contributed by atoms with E-state index in [9.17, 15) is 14.4 Å². The second kappa shape index (κ2) is 6.24. The maximum absolute atomic E-state index is 12.7. The van der Waals surface area contributed by atoms with Crippen LogP contribution in [0.15, 0.2) is 12.2 Å². The lowest BCUT2D eigenvalue weighted by atomic mass is 9.85. The van der Waals surface area contributed by atoms with E-state index in [4.69, 9.17) is 0 Å². The summed E-state index contributed by atoms with van der Waals surface area (Å²) in [4.78, 5) is 47.0. The fraction of sp³-hybridized carbons (Fsp3) is 0.579. The fourth-order valence-corrected chi connectivity index (χ4v) is 6.06. The van der Waals surface area contributed by atoms with E-state index in [-0.39, 0.29) is 47.9 Å². The molecule has 3 heterocycles. The standard InChI is InChI=1S/C19H22N4O3S/c1-2-22-6-5-12-13(8-22)27-19(20-12)21-14(24)9-23-17(25)15-10-3-4-11(7-10)16(15)18(23)26/h3-4,10-11,15-16H,2,5-9H2,1H3,(H,20,21,24). The number of fused-ring (bicyclic) bond motifs is 6. The van der Waals surface area contributed by atoms with Gasteiger partial charge in [0, 0.05) is 24.4 Å². The summed E-state index contributed by atoms with van der Waals surface area (Å²) < 4.78 is 0. The molecule has 0 aromatic carbocycles. The van der Waals surface area contributed by atoms with Crippen molar-refractivity contribution in [3.05, 3.63) is 22.7 Å². The van der Waals surface area contributed by atoms with Gasteiger partial charge in [-0.1, -0.05) is 19.1 Å². The van der Waals surface area contributed by atoms with Crippen molar-refractivity contribution in [2.45, 2.75) is 26.3 Å². The predicted octanol–water partition coefficient (Wildman–Crippen LogP) is 1.27. The average Bonchev–Trinajstić information content (AvgIpc) is 3.40. The normalized spacial score (nSPS) is 31.5. The van der Waals surface area contributed by atoms with Crippen molar-refractivity contribution in [2.24, 2.45) is 23.7 Å². The third-order valence-corrected chi connectivity index (χ3v) is 7.37. The number of likely N-dealkylation sites (tertiary alicyclic amines) is 1. The van der Waals surface area contributed by atoms with Crippen LogP contribution in [0.2, 0.25) is 0 Å². The maximum atomic E-state index is 12.7. The van der Waals surface area contributed by atoms with E-state index in [1.54, 1.807) is 0 Å².